The van der Waals surface area contributed by atoms with Crippen molar-refractivity contribution in [1.29, 1.82) is 0 Å². The molecule has 0 bridgehead atoms. The van der Waals surface area contributed by atoms with E-state index in [1.54, 1.807) is 0 Å². The van der Waals surface area contributed by atoms with Gasteiger partial charge >= 0.3 is 0 Å². The maximum absolute atomic E-state index is 14.2. The number of carbonyl (C=O) groups is 3. The first-order chi connectivity index (χ1) is 11.7. The van der Waals surface area contributed by atoms with Gasteiger partial charge in [-0.05, 0) is 6.07 Å². The molecular weight excluding hydrogens is 355 g/mol. The molecule has 1 aromatic heterocycles. The molecule has 3 amide bonds. The molecule has 8 nitrogen and oxygen atoms in total. The Hall–Kier alpha value is -3.20. The topological polar surface area (TPSA) is 123 Å². The zero-order valence-electron chi connectivity index (χ0n) is 12.6. The summed E-state index contributed by atoms with van der Waals surface area (Å²) in [4.78, 5) is 46.8. The predicted molar refractivity (Wildman–Crippen MR) is 87.5 cm³/mol. The van der Waals surface area contributed by atoms with E-state index in [1.807, 2.05) is 5.32 Å². The van der Waals surface area contributed by atoms with Gasteiger partial charge in [0, 0.05) is 19.1 Å². The van der Waals surface area contributed by atoms with E-state index in [1.165, 1.54) is 13.0 Å². The van der Waals surface area contributed by atoms with Gasteiger partial charge < -0.3 is 11.1 Å². The summed E-state index contributed by atoms with van der Waals surface area (Å²) in [6.45, 7) is 1.18. The Kier molecular flexibility index (Phi) is 3.80. The zero-order valence-corrected chi connectivity index (χ0v) is 13.4. The molecule has 0 saturated carbocycles. The number of nitrogens with two attached hydrogens (primary N) is 1. The summed E-state index contributed by atoms with van der Waals surface area (Å²) in [6.07, 6.45) is 0. The maximum Gasteiger partial charge on any atom is 0.262 e. The Labute approximate surface area is 144 Å². The Morgan fingerprint density at radius 1 is 1.24 bits per heavy atom. The van der Waals surface area contributed by atoms with Gasteiger partial charge in [0.1, 0.15) is 11.6 Å². The lowest BCUT2D eigenvalue weighted by Crippen LogP contribution is -2.24. The molecule has 10 heteroatoms. The number of amides is 3. The second kappa shape index (κ2) is 5.71. The van der Waals surface area contributed by atoms with E-state index in [-0.39, 0.29) is 33.3 Å². The highest BCUT2D eigenvalue weighted by Crippen LogP contribution is 2.30. The lowest BCUT2D eigenvalue weighted by Gasteiger charge is -2.14. The number of rotatable bonds is 2. The van der Waals surface area contributed by atoms with E-state index in [9.17, 15) is 23.6 Å². The van der Waals surface area contributed by atoms with Crippen LogP contribution >= 0.6 is 11.6 Å². The van der Waals surface area contributed by atoms with Crippen molar-refractivity contribution >= 4 is 40.8 Å². The number of nitrogen functional groups attached to an aromatic ring is 1. The van der Waals surface area contributed by atoms with Gasteiger partial charge in [-0.1, -0.05) is 11.6 Å². The van der Waals surface area contributed by atoms with Gasteiger partial charge in [-0.2, -0.15) is 0 Å². The standard InChI is InChI=1S/C15H10ClFN4O4/c1-5(22)19-12-8(16)2-6(3-9(12)17)21-10(23)4-7-11(13(21)18)15(25)20-14(7)24/h2-4H,18H2,1H3,(H,19,22)(H,20,24,25). The third-order valence-electron chi connectivity index (χ3n) is 3.54. The van der Waals surface area contributed by atoms with Crippen molar-refractivity contribution in [2.24, 2.45) is 0 Å². The molecule has 1 aliphatic rings. The molecule has 0 saturated heterocycles. The van der Waals surface area contributed by atoms with E-state index in [2.05, 4.69) is 5.32 Å². The smallest absolute Gasteiger partial charge is 0.262 e. The Morgan fingerprint density at radius 3 is 2.52 bits per heavy atom. The highest BCUT2D eigenvalue weighted by Gasteiger charge is 2.32. The first kappa shape index (κ1) is 16.7. The number of nitrogens with zero attached hydrogens (tertiary/aromatic N) is 1. The fraction of sp³-hybridized carbons (Fsp3) is 0.0667. The minimum atomic E-state index is -0.898. The quantitative estimate of drug-likeness (QED) is 0.687. The number of hydrogen-bond donors (Lipinski definition) is 3. The molecule has 25 heavy (non-hydrogen) atoms. The van der Waals surface area contributed by atoms with E-state index in [4.69, 9.17) is 17.3 Å². The largest absolute Gasteiger partial charge is 0.384 e. The van der Waals surface area contributed by atoms with Crippen molar-refractivity contribution < 1.29 is 18.8 Å². The summed E-state index contributed by atoms with van der Waals surface area (Å²) in [7, 11) is 0. The number of nitrogens with one attached hydrogen (secondary N) is 2. The number of anilines is 2. The van der Waals surface area contributed by atoms with Crippen LogP contribution in [-0.4, -0.2) is 22.3 Å². The molecule has 1 aromatic carbocycles. The molecule has 2 heterocycles. The van der Waals surface area contributed by atoms with Gasteiger partial charge in [0.25, 0.3) is 17.4 Å². The van der Waals surface area contributed by atoms with E-state index in [0.717, 1.165) is 16.7 Å². The summed E-state index contributed by atoms with van der Waals surface area (Å²) < 4.78 is 15.1. The van der Waals surface area contributed by atoms with Crippen molar-refractivity contribution in [3.8, 4) is 5.69 Å². The van der Waals surface area contributed by atoms with Crippen molar-refractivity contribution in [1.82, 2.24) is 9.88 Å². The molecule has 0 spiro atoms. The van der Waals surface area contributed by atoms with Crippen molar-refractivity contribution in [3.05, 3.63) is 50.5 Å². The van der Waals surface area contributed by atoms with Crippen LogP contribution in [0, 0.1) is 5.82 Å². The van der Waals surface area contributed by atoms with Crippen LogP contribution in [0.2, 0.25) is 5.02 Å². The second-order valence-electron chi connectivity index (χ2n) is 5.24. The molecular formula is C15H10ClFN4O4. The SMILES string of the molecule is CC(=O)Nc1c(F)cc(-n2c(N)c3c(cc2=O)C(=O)NC3=O)cc1Cl. The first-order valence-electron chi connectivity index (χ1n) is 6.89. The van der Waals surface area contributed by atoms with Crippen LogP contribution in [0.15, 0.2) is 23.0 Å². The summed E-state index contributed by atoms with van der Waals surface area (Å²) in [5, 5.41) is 4.09. The van der Waals surface area contributed by atoms with E-state index < -0.39 is 29.1 Å². The Bertz CT molecular complexity index is 1010. The summed E-state index contributed by atoms with van der Waals surface area (Å²) in [5.74, 6) is -3.24. The first-order valence-corrected chi connectivity index (χ1v) is 7.26. The van der Waals surface area contributed by atoms with Gasteiger partial charge in [-0.3, -0.25) is 29.1 Å². The summed E-state index contributed by atoms with van der Waals surface area (Å²) >= 11 is 5.96. The highest BCUT2D eigenvalue weighted by atomic mass is 35.5. The monoisotopic (exact) mass is 364 g/mol. The molecule has 2 aromatic rings. The number of benzene rings is 1. The fourth-order valence-electron chi connectivity index (χ4n) is 2.53. The minimum Gasteiger partial charge on any atom is -0.384 e. The number of pyridine rings is 1. The number of carbonyl (C=O) groups excluding carboxylic acids is 3. The maximum atomic E-state index is 14.2. The highest BCUT2D eigenvalue weighted by molar-refractivity contribution is 6.34. The number of imide groups is 1. The zero-order chi connectivity index (χ0) is 18.5. The van der Waals surface area contributed by atoms with Gasteiger partial charge in [-0.25, -0.2) is 4.39 Å². The van der Waals surface area contributed by atoms with Crippen molar-refractivity contribution in [2.45, 2.75) is 6.92 Å². The molecule has 3 rings (SSSR count). The molecule has 0 unspecified atom stereocenters. The van der Waals surface area contributed by atoms with Crippen LogP contribution in [0.5, 0.6) is 0 Å². The number of halogens is 2. The fourth-order valence-corrected chi connectivity index (χ4v) is 2.78. The third kappa shape index (κ3) is 2.64. The molecule has 0 radical (unpaired) electrons. The van der Waals surface area contributed by atoms with Crippen LogP contribution in [0.25, 0.3) is 5.69 Å². The lowest BCUT2D eigenvalue weighted by molar-refractivity contribution is -0.114. The number of hydrogen-bond acceptors (Lipinski definition) is 5. The summed E-state index contributed by atoms with van der Waals surface area (Å²) in [5.41, 5.74) is 4.47. The molecule has 0 fully saturated rings. The molecule has 0 aliphatic carbocycles. The number of aromatic nitrogens is 1. The minimum absolute atomic E-state index is 0.0611. The van der Waals surface area contributed by atoms with Gasteiger partial charge in [0.05, 0.1) is 27.5 Å². The third-order valence-corrected chi connectivity index (χ3v) is 3.84. The average molecular weight is 365 g/mol. The van der Waals surface area contributed by atoms with Crippen molar-refractivity contribution in [2.75, 3.05) is 11.1 Å². The molecule has 128 valence electrons. The van der Waals surface area contributed by atoms with Crippen LogP contribution in [0.4, 0.5) is 15.9 Å². The van der Waals surface area contributed by atoms with Crippen LogP contribution in [0.1, 0.15) is 27.6 Å². The lowest BCUT2D eigenvalue weighted by atomic mass is 10.1. The van der Waals surface area contributed by atoms with Gasteiger partial charge in [0.2, 0.25) is 5.91 Å². The summed E-state index contributed by atoms with van der Waals surface area (Å²) in [6, 6.07) is 3.06. The van der Waals surface area contributed by atoms with Crippen LogP contribution in [0.3, 0.4) is 0 Å². The van der Waals surface area contributed by atoms with Gasteiger partial charge in [-0.15, -0.1) is 0 Å². The van der Waals surface area contributed by atoms with Crippen molar-refractivity contribution in [3.63, 3.8) is 0 Å². The van der Waals surface area contributed by atoms with Crippen LogP contribution < -0.4 is 21.9 Å². The van der Waals surface area contributed by atoms with Crippen LogP contribution in [-0.2, 0) is 4.79 Å². The Balaban J connectivity index is 2.24. The molecule has 4 N–H and O–H groups in total. The van der Waals surface area contributed by atoms with Gasteiger partial charge in [0.15, 0.2) is 0 Å². The normalized spacial score (nSPS) is 12.8. The Morgan fingerprint density at radius 2 is 1.92 bits per heavy atom. The number of fused-ring (bicyclic) bond motifs is 1. The van der Waals surface area contributed by atoms with E-state index in [0.29, 0.717) is 0 Å². The second-order valence-corrected chi connectivity index (χ2v) is 5.65. The predicted octanol–water partition coefficient (Wildman–Crippen LogP) is 1.05. The van der Waals surface area contributed by atoms with E-state index >= 15 is 0 Å². The molecule has 1 aliphatic heterocycles. The average Bonchev–Trinajstić information content (AvgIpc) is 2.77. The molecule has 0 atom stereocenters.